The SMILES string of the molecule is O=C(NC1CCCC1)N1CCCC1CO. The Hall–Kier alpha value is -0.770. The van der Waals surface area contributed by atoms with Gasteiger partial charge in [-0.1, -0.05) is 12.8 Å². The molecule has 1 unspecified atom stereocenters. The molecule has 0 aromatic heterocycles. The number of carbonyl (C=O) groups is 1. The Labute approximate surface area is 90.6 Å². The lowest BCUT2D eigenvalue weighted by Gasteiger charge is -2.25. The molecule has 2 aliphatic rings. The van der Waals surface area contributed by atoms with Crippen LogP contribution in [0.5, 0.6) is 0 Å². The molecule has 0 aromatic rings. The van der Waals surface area contributed by atoms with E-state index in [4.69, 9.17) is 5.11 Å². The normalized spacial score (nSPS) is 27.3. The van der Waals surface area contributed by atoms with Crippen LogP contribution in [0.15, 0.2) is 0 Å². The lowest BCUT2D eigenvalue weighted by Crippen LogP contribution is -2.47. The number of aliphatic hydroxyl groups is 1. The number of hydrogen-bond acceptors (Lipinski definition) is 2. The number of carbonyl (C=O) groups excluding carboxylic acids is 1. The molecule has 0 radical (unpaired) electrons. The lowest BCUT2D eigenvalue weighted by atomic mass is 10.2. The lowest BCUT2D eigenvalue weighted by molar-refractivity contribution is 0.154. The molecule has 15 heavy (non-hydrogen) atoms. The Morgan fingerprint density at radius 2 is 2.00 bits per heavy atom. The average Bonchev–Trinajstić information content (AvgIpc) is 2.86. The van der Waals surface area contributed by atoms with Crippen molar-refractivity contribution in [3.05, 3.63) is 0 Å². The van der Waals surface area contributed by atoms with Gasteiger partial charge < -0.3 is 15.3 Å². The Bertz CT molecular complexity index is 227. The summed E-state index contributed by atoms with van der Waals surface area (Å²) in [4.78, 5) is 13.7. The molecule has 86 valence electrons. The summed E-state index contributed by atoms with van der Waals surface area (Å²) in [6.07, 6.45) is 6.65. The van der Waals surface area contributed by atoms with E-state index in [0.717, 1.165) is 32.2 Å². The molecule has 1 atom stereocenters. The zero-order valence-electron chi connectivity index (χ0n) is 9.11. The van der Waals surface area contributed by atoms with Gasteiger partial charge in [-0.3, -0.25) is 0 Å². The first kappa shape index (κ1) is 10.7. The third kappa shape index (κ3) is 2.43. The van der Waals surface area contributed by atoms with Gasteiger partial charge in [-0.2, -0.15) is 0 Å². The molecule has 2 amide bonds. The number of amides is 2. The van der Waals surface area contributed by atoms with Gasteiger partial charge in [-0.25, -0.2) is 4.79 Å². The summed E-state index contributed by atoms with van der Waals surface area (Å²) in [5.74, 6) is 0. The molecule has 4 heteroatoms. The zero-order chi connectivity index (χ0) is 10.7. The van der Waals surface area contributed by atoms with Crippen molar-refractivity contribution < 1.29 is 9.90 Å². The van der Waals surface area contributed by atoms with Crippen molar-refractivity contribution in [3.63, 3.8) is 0 Å². The smallest absolute Gasteiger partial charge is 0.317 e. The standard InChI is InChI=1S/C11H20N2O2/c14-8-10-6-3-7-13(10)11(15)12-9-4-1-2-5-9/h9-10,14H,1-8H2,(H,12,15). The summed E-state index contributed by atoms with van der Waals surface area (Å²) in [5.41, 5.74) is 0. The molecule has 2 rings (SSSR count). The molecular formula is C11H20N2O2. The number of aliphatic hydroxyl groups excluding tert-OH is 1. The van der Waals surface area contributed by atoms with E-state index in [1.54, 1.807) is 4.90 Å². The fourth-order valence-electron chi connectivity index (χ4n) is 2.62. The van der Waals surface area contributed by atoms with Crippen LogP contribution < -0.4 is 5.32 Å². The number of urea groups is 1. The van der Waals surface area contributed by atoms with Crippen LogP contribution in [0.4, 0.5) is 4.79 Å². The average molecular weight is 212 g/mol. The van der Waals surface area contributed by atoms with Gasteiger partial charge in [0.1, 0.15) is 0 Å². The second-order valence-corrected chi connectivity index (χ2v) is 4.60. The van der Waals surface area contributed by atoms with Crippen LogP contribution in [0.3, 0.4) is 0 Å². The number of rotatable bonds is 2. The van der Waals surface area contributed by atoms with Crippen LogP contribution in [0.25, 0.3) is 0 Å². The fourth-order valence-corrected chi connectivity index (χ4v) is 2.62. The maximum absolute atomic E-state index is 11.9. The molecule has 1 aliphatic carbocycles. The minimum atomic E-state index is 0.0263. The molecule has 1 aliphatic heterocycles. The molecule has 2 N–H and O–H groups in total. The predicted molar refractivity (Wildman–Crippen MR) is 57.6 cm³/mol. The van der Waals surface area contributed by atoms with Crippen LogP contribution in [0, 0.1) is 0 Å². The topological polar surface area (TPSA) is 52.6 Å². The first-order valence-electron chi connectivity index (χ1n) is 5.99. The molecule has 0 spiro atoms. The Morgan fingerprint density at radius 3 is 2.67 bits per heavy atom. The Morgan fingerprint density at radius 1 is 1.27 bits per heavy atom. The van der Waals surface area contributed by atoms with Crippen molar-refractivity contribution in [1.82, 2.24) is 10.2 Å². The molecule has 1 heterocycles. The fraction of sp³-hybridized carbons (Fsp3) is 0.909. The van der Waals surface area contributed by atoms with E-state index in [1.807, 2.05) is 0 Å². The predicted octanol–water partition coefficient (Wildman–Crippen LogP) is 1.10. The zero-order valence-corrected chi connectivity index (χ0v) is 9.11. The molecule has 0 aromatic carbocycles. The molecule has 4 nitrogen and oxygen atoms in total. The number of nitrogens with zero attached hydrogens (tertiary/aromatic N) is 1. The third-order valence-corrected chi connectivity index (χ3v) is 3.53. The highest BCUT2D eigenvalue weighted by Gasteiger charge is 2.29. The first-order chi connectivity index (χ1) is 7.31. The van der Waals surface area contributed by atoms with Gasteiger partial charge in [-0.15, -0.1) is 0 Å². The van der Waals surface area contributed by atoms with Crippen LogP contribution in [0.1, 0.15) is 38.5 Å². The van der Waals surface area contributed by atoms with E-state index < -0.39 is 0 Å². The summed E-state index contributed by atoms with van der Waals surface area (Å²) < 4.78 is 0. The van der Waals surface area contributed by atoms with Gasteiger partial charge in [0.25, 0.3) is 0 Å². The van der Waals surface area contributed by atoms with E-state index in [1.165, 1.54) is 12.8 Å². The van der Waals surface area contributed by atoms with Gasteiger partial charge in [0.15, 0.2) is 0 Å². The highest BCUT2D eigenvalue weighted by molar-refractivity contribution is 5.75. The van der Waals surface area contributed by atoms with E-state index in [2.05, 4.69) is 5.32 Å². The highest BCUT2D eigenvalue weighted by atomic mass is 16.3. The third-order valence-electron chi connectivity index (χ3n) is 3.53. The minimum Gasteiger partial charge on any atom is -0.394 e. The van der Waals surface area contributed by atoms with Crippen molar-refractivity contribution in [2.75, 3.05) is 13.2 Å². The highest BCUT2D eigenvalue weighted by Crippen LogP contribution is 2.20. The van der Waals surface area contributed by atoms with Crippen molar-refractivity contribution in [3.8, 4) is 0 Å². The quantitative estimate of drug-likeness (QED) is 0.720. The maximum Gasteiger partial charge on any atom is 0.317 e. The van der Waals surface area contributed by atoms with E-state index in [-0.39, 0.29) is 18.7 Å². The van der Waals surface area contributed by atoms with Crippen molar-refractivity contribution in [2.45, 2.75) is 50.6 Å². The Kier molecular flexibility index (Phi) is 3.46. The van der Waals surface area contributed by atoms with Crippen molar-refractivity contribution >= 4 is 6.03 Å². The van der Waals surface area contributed by atoms with E-state index >= 15 is 0 Å². The van der Waals surface area contributed by atoms with Crippen molar-refractivity contribution in [1.29, 1.82) is 0 Å². The van der Waals surface area contributed by atoms with Crippen LogP contribution in [-0.4, -0.2) is 41.3 Å². The van der Waals surface area contributed by atoms with Gasteiger partial charge in [0, 0.05) is 12.6 Å². The second kappa shape index (κ2) is 4.84. The van der Waals surface area contributed by atoms with Crippen LogP contribution in [0.2, 0.25) is 0 Å². The second-order valence-electron chi connectivity index (χ2n) is 4.60. The summed E-state index contributed by atoms with van der Waals surface area (Å²) >= 11 is 0. The van der Waals surface area contributed by atoms with Gasteiger partial charge >= 0.3 is 6.03 Å². The van der Waals surface area contributed by atoms with Crippen molar-refractivity contribution in [2.24, 2.45) is 0 Å². The summed E-state index contributed by atoms with van der Waals surface area (Å²) in [6.45, 7) is 0.891. The van der Waals surface area contributed by atoms with Crippen LogP contribution >= 0.6 is 0 Å². The summed E-state index contributed by atoms with van der Waals surface area (Å²) in [6, 6.07) is 0.447. The molecular weight excluding hydrogens is 192 g/mol. The van der Waals surface area contributed by atoms with Crippen LogP contribution in [-0.2, 0) is 0 Å². The maximum atomic E-state index is 11.9. The largest absolute Gasteiger partial charge is 0.394 e. The monoisotopic (exact) mass is 212 g/mol. The minimum absolute atomic E-state index is 0.0263. The number of hydrogen-bond donors (Lipinski definition) is 2. The summed E-state index contributed by atoms with van der Waals surface area (Å²) in [5, 5.41) is 12.2. The summed E-state index contributed by atoms with van der Waals surface area (Å²) in [7, 11) is 0. The van der Waals surface area contributed by atoms with Gasteiger partial charge in [0.05, 0.1) is 12.6 Å². The van der Waals surface area contributed by atoms with E-state index in [9.17, 15) is 4.79 Å². The number of likely N-dealkylation sites (tertiary alicyclic amines) is 1. The number of nitrogens with one attached hydrogen (secondary N) is 1. The Balaban J connectivity index is 1.83. The van der Waals surface area contributed by atoms with Gasteiger partial charge in [-0.05, 0) is 25.7 Å². The molecule has 1 saturated carbocycles. The van der Waals surface area contributed by atoms with E-state index in [0.29, 0.717) is 6.04 Å². The molecule has 2 fully saturated rings. The molecule has 0 bridgehead atoms. The van der Waals surface area contributed by atoms with Gasteiger partial charge in [0.2, 0.25) is 0 Å². The first-order valence-corrected chi connectivity index (χ1v) is 5.99. The molecule has 1 saturated heterocycles.